The number of ether oxygens (including phenoxy) is 1. The molecule has 0 aliphatic rings. The molecule has 4 heteroatoms. The first-order chi connectivity index (χ1) is 9.75. The molecule has 0 aliphatic heterocycles. The molecule has 0 rings (SSSR count). The molecule has 0 aromatic carbocycles. The van der Waals surface area contributed by atoms with Gasteiger partial charge in [-0.15, -0.1) is 0 Å². The van der Waals surface area contributed by atoms with Gasteiger partial charge in [0, 0.05) is 24.0 Å². The number of rotatable bonds is 11. The van der Waals surface area contributed by atoms with Gasteiger partial charge in [-0.05, 0) is 19.3 Å². The van der Waals surface area contributed by atoms with Crippen LogP contribution in [0.2, 0.25) is 0 Å². The minimum atomic E-state index is -0.299. The molecule has 1 unspecified atom stereocenters. The molecule has 0 aromatic heterocycles. The Balaban J connectivity index is 3.44. The van der Waals surface area contributed by atoms with Crippen molar-refractivity contribution in [1.29, 1.82) is 0 Å². The third-order valence-electron chi connectivity index (χ3n) is 3.87. The van der Waals surface area contributed by atoms with Crippen LogP contribution >= 0.6 is 0 Å². The van der Waals surface area contributed by atoms with E-state index in [-0.39, 0.29) is 23.3 Å². The van der Waals surface area contributed by atoms with E-state index in [2.05, 4.69) is 12.2 Å². The van der Waals surface area contributed by atoms with Crippen molar-refractivity contribution in [3.8, 4) is 0 Å². The van der Waals surface area contributed by atoms with Crippen molar-refractivity contribution in [2.45, 2.75) is 66.7 Å². The Morgan fingerprint density at radius 2 is 1.71 bits per heavy atom. The molecule has 0 bridgehead atoms. The maximum Gasteiger partial charge on any atom is 0.225 e. The standard InChI is InChI=1S/C17H35NO3/c1-6-17(5,13-19)14-21-12-10-8-7-9-11-18-15(20)16(2,3)4/h19H,6-14H2,1-5H3,(H,18,20). The Morgan fingerprint density at radius 3 is 2.24 bits per heavy atom. The summed E-state index contributed by atoms with van der Waals surface area (Å²) in [4.78, 5) is 11.6. The number of unbranched alkanes of at least 4 members (excludes halogenated alkanes) is 3. The van der Waals surface area contributed by atoms with E-state index in [1.165, 1.54) is 0 Å². The van der Waals surface area contributed by atoms with E-state index >= 15 is 0 Å². The molecule has 1 amide bonds. The summed E-state index contributed by atoms with van der Waals surface area (Å²) in [6.07, 6.45) is 5.22. The largest absolute Gasteiger partial charge is 0.396 e. The number of aliphatic hydroxyl groups is 1. The van der Waals surface area contributed by atoms with E-state index in [1.807, 2.05) is 27.7 Å². The van der Waals surface area contributed by atoms with E-state index in [9.17, 15) is 9.90 Å². The molecule has 0 fully saturated rings. The van der Waals surface area contributed by atoms with Crippen LogP contribution in [0.1, 0.15) is 66.7 Å². The highest BCUT2D eigenvalue weighted by molar-refractivity contribution is 5.81. The Morgan fingerprint density at radius 1 is 1.10 bits per heavy atom. The van der Waals surface area contributed by atoms with E-state index in [0.717, 1.165) is 45.3 Å². The predicted octanol–water partition coefficient (Wildman–Crippen LogP) is 3.13. The van der Waals surface area contributed by atoms with E-state index < -0.39 is 0 Å². The minimum absolute atomic E-state index is 0.1000. The number of amides is 1. The summed E-state index contributed by atoms with van der Waals surface area (Å²) in [6.45, 7) is 12.2. The van der Waals surface area contributed by atoms with E-state index in [0.29, 0.717) is 6.61 Å². The molecule has 0 heterocycles. The topological polar surface area (TPSA) is 58.6 Å². The van der Waals surface area contributed by atoms with Gasteiger partial charge < -0.3 is 15.2 Å². The van der Waals surface area contributed by atoms with Crippen molar-refractivity contribution in [1.82, 2.24) is 5.32 Å². The van der Waals surface area contributed by atoms with Crippen molar-refractivity contribution in [3.05, 3.63) is 0 Å². The van der Waals surface area contributed by atoms with Crippen LogP contribution in [-0.4, -0.2) is 37.4 Å². The van der Waals surface area contributed by atoms with Crippen molar-refractivity contribution in [2.24, 2.45) is 10.8 Å². The number of carbonyl (C=O) groups is 1. The highest BCUT2D eigenvalue weighted by atomic mass is 16.5. The fourth-order valence-corrected chi connectivity index (χ4v) is 1.73. The highest BCUT2D eigenvalue weighted by Crippen LogP contribution is 2.20. The molecular weight excluding hydrogens is 266 g/mol. The summed E-state index contributed by atoms with van der Waals surface area (Å²) in [6, 6.07) is 0. The fraction of sp³-hybridized carbons (Fsp3) is 0.941. The normalized spacial score (nSPS) is 14.8. The summed E-state index contributed by atoms with van der Waals surface area (Å²) in [7, 11) is 0. The average molecular weight is 301 g/mol. The summed E-state index contributed by atoms with van der Waals surface area (Å²) in [5, 5.41) is 12.2. The zero-order valence-corrected chi connectivity index (χ0v) is 14.6. The quantitative estimate of drug-likeness (QED) is 0.576. The first kappa shape index (κ1) is 20.4. The number of aliphatic hydroxyl groups excluding tert-OH is 1. The SMILES string of the molecule is CCC(C)(CO)COCCCCCCNC(=O)C(C)(C)C. The van der Waals surface area contributed by atoms with Crippen LogP contribution in [-0.2, 0) is 9.53 Å². The molecule has 4 nitrogen and oxygen atoms in total. The van der Waals surface area contributed by atoms with Gasteiger partial charge in [0.25, 0.3) is 0 Å². The van der Waals surface area contributed by atoms with E-state index in [4.69, 9.17) is 4.74 Å². The molecule has 0 aromatic rings. The summed E-state index contributed by atoms with van der Waals surface area (Å²) >= 11 is 0. The summed E-state index contributed by atoms with van der Waals surface area (Å²) in [5.74, 6) is 0.119. The van der Waals surface area contributed by atoms with Crippen molar-refractivity contribution < 1.29 is 14.6 Å². The van der Waals surface area contributed by atoms with Gasteiger partial charge in [0.2, 0.25) is 5.91 Å². The Hall–Kier alpha value is -0.610. The van der Waals surface area contributed by atoms with Gasteiger partial charge in [-0.3, -0.25) is 4.79 Å². The van der Waals surface area contributed by atoms with Gasteiger partial charge in [-0.25, -0.2) is 0 Å². The number of nitrogens with one attached hydrogen (secondary N) is 1. The molecule has 1 atom stereocenters. The minimum Gasteiger partial charge on any atom is -0.396 e. The Labute approximate surface area is 130 Å². The molecule has 0 aliphatic carbocycles. The average Bonchev–Trinajstić information content (AvgIpc) is 2.43. The van der Waals surface area contributed by atoms with Crippen LogP contribution in [0, 0.1) is 10.8 Å². The molecule has 0 saturated heterocycles. The van der Waals surface area contributed by atoms with Crippen LogP contribution in [0.3, 0.4) is 0 Å². The molecule has 21 heavy (non-hydrogen) atoms. The Bertz CT molecular complexity index is 280. The smallest absolute Gasteiger partial charge is 0.225 e. The first-order valence-electron chi connectivity index (χ1n) is 8.22. The van der Waals surface area contributed by atoms with Gasteiger partial charge in [-0.2, -0.15) is 0 Å². The number of carbonyl (C=O) groups excluding carboxylic acids is 1. The lowest BCUT2D eigenvalue weighted by Crippen LogP contribution is -2.35. The van der Waals surface area contributed by atoms with Crippen LogP contribution in [0.15, 0.2) is 0 Å². The van der Waals surface area contributed by atoms with Crippen LogP contribution in [0.4, 0.5) is 0 Å². The van der Waals surface area contributed by atoms with Gasteiger partial charge in [0.15, 0.2) is 0 Å². The molecule has 0 saturated carbocycles. The third kappa shape index (κ3) is 9.86. The zero-order chi connectivity index (χ0) is 16.4. The van der Waals surface area contributed by atoms with Gasteiger partial charge in [-0.1, -0.05) is 47.5 Å². The number of hydrogen-bond donors (Lipinski definition) is 2. The van der Waals surface area contributed by atoms with E-state index in [1.54, 1.807) is 0 Å². The van der Waals surface area contributed by atoms with Gasteiger partial charge in [0.1, 0.15) is 0 Å². The second-order valence-corrected chi connectivity index (χ2v) is 7.30. The zero-order valence-electron chi connectivity index (χ0n) is 14.6. The first-order valence-corrected chi connectivity index (χ1v) is 8.22. The lowest BCUT2D eigenvalue weighted by atomic mass is 9.90. The van der Waals surface area contributed by atoms with Crippen molar-refractivity contribution >= 4 is 5.91 Å². The molecule has 2 N–H and O–H groups in total. The van der Waals surface area contributed by atoms with Crippen LogP contribution in [0.25, 0.3) is 0 Å². The van der Waals surface area contributed by atoms with Crippen LogP contribution in [0.5, 0.6) is 0 Å². The molecule has 0 spiro atoms. The predicted molar refractivity (Wildman–Crippen MR) is 87.2 cm³/mol. The summed E-state index contributed by atoms with van der Waals surface area (Å²) in [5.41, 5.74) is -0.399. The second kappa shape index (κ2) is 10.2. The fourth-order valence-electron chi connectivity index (χ4n) is 1.73. The molecule has 126 valence electrons. The van der Waals surface area contributed by atoms with Gasteiger partial charge >= 0.3 is 0 Å². The monoisotopic (exact) mass is 301 g/mol. The molecule has 0 radical (unpaired) electrons. The Kier molecular flexibility index (Phi) is 9.88. The molecular formula is C17H35NO3. The highest BCUT2D eigenvalue weighted by Gasteiger charge is 2.21. The second-order valence-electron chi connectivity index (χ2n) is 7.30. The van der Waals surface area contributed by atoms with Crippen molar-refractivity contribution in [3.63, 3.8) is 0 Å². The number of hydrogen-bond acceptors (Lipinski definition) is 3. The van der Waals surface area contributed by atoms with Crippen molar-refractivity contribution in [2.75, 3.05) is 26.4 Å². The third-order valence-corrected chi connectivity index (χ3v) is 3.87. The van der Waals surface area contributed by atoms with Gasteiger partial charge in [0.05, 0.1) is 13.2 Å². The maximum absolute atomic E-state index is 11.6. The lowest BCUT2D eigenvalue weighted by molar-refractivity contribution is -0.128. The van der Waals surface area contributed by atoms with Crippen LogP contribution < -0.4 is 5.32 Å². The lowest BCUT2D eigenvalue weighted by Gasteiger charge is -2.25. The maximum atomic E-state index is 11.6. The summed E-state index contributed by atoms with van der Waals surface area (Å²) < 4.78 is 5.64.